The summed E-state index contributed by atoms with van der Waals surface area (Å²) in [6.45, 7) is 5.51. The van der Waals surface area contributed by atoms with E-state index in [0.29, 0.717) is 6.54 Å². The van der Waals surface area contributed by atoms with Crippen LogP contribution in [0.4, 0.5) is 0 Å². The lowest BCUT2D eigenvalue weighted by Gasteiger charge is -2.39. The number of amides is 1. The molecule has 0 spiro atoms. The van der Waals surface area contributed by atoms with E-state index in [4.69, 9.17) is 0 Å². The molecule has 58 valence electrons. The van der Waals surface area contributed by atoms with Crippen molar-refractivity contribution in [3.8, 4) is 0 Å². The third-order valence-corrected chi connectivity index (χ3v) is 2.13. The first-order valence-corrected chi connectivity index (χ1v) is 3.50. The van der Waals surface area contributed by atoms with Crippen LogP contribution in [0.2, 0.25) is 0 Å². The highest BCUT2D eigenvalue weighted by Gasteiger charge is 2.29. The molecule has 0 bridgehead atoms. The van der Waals surface area contributed by atoms with Gasteiger partial charge in [0.25, 0.3) is 0 Å². The SMILES string of the molecule is CN1CC(=O)NCC1(C)C. The van der Waals surface area contributed by atoms with E-state index >= 15 is 0 Å². The molecule has 3 heteroatoms. The van der Waals surface area contributed by atoms with Crippen LogP contribution in [-0.2, 0) is 4.79 Å². The minimum atomic E-state index is 0.119. The van der Waals surface area contributed by atoms with Gasteiger partial charge in [-0.3, -0.25) is 9.69 Å². The number of nitrogens with one attached hydrogen (secondary N) is 1. The minimum absolute atomic E-state index is 0.119. The Morgan fingerprint density at radius 3 is 2.60 bits per heavy atom. The first-order valence-electron chi connectivity index (χ1n) is 3.50. The van der Waals surface area contributed by atoms with Crippen LogP contribution in [0.15, 0.2) is 0 Å². The van der Waals surface area contributed by atoms with Crippen molar-refractivity contribution in [2.45, 2.75) is 19.4 Å². The van der Waals surface area contributed by atoms with E-state index in [9.17, 15) is 4.79 Å². The molecule has 1 amide bonds. The van der Waals surface area contributed by atoms with E-state index in [1.54, 1.807) is 0 Å². The molecule has 0 atom stereocenters. The lowest BCUT2D eigenvalue weighted by Crippen LogP contribution is -2.58. The van der Waals surface area contributed by atoms with Gasteiger partial charge in [-0.1, -0.05) is 0 Å². The number of carbonyl (C=O) groups is 1. The van der Waals surface area contributed by atoms with Gasteiger partial charge in [0.2, 0.25) is 5.91 Å². The number of likely N-dealkylation sites (N-methyl/N-ethyl adjacent to an activating group) is 1. The second-order valence-electron chi connectivity index (χ2n) is 3.45. The normalized spacial score (nSPS) is 26.1. The average Bonchev–Trinajstić information content (AvgIpc) is 1.81. The molecule has 1 aliphatic heterocycles. The fourth-order valence-electron chi connectivity index (χ4n) is 0.935. The maximum atomic E-state index is 10.8. The van der Waals surface area contributed by atoms with Gasteiger partial charge in [-0.15, -0.1) is 0 Å². The molecule has 0 unspecified atom stereocenters. The summed E-state index contributed by atoms with van der Waals surface area (Å²) in [5.74, 6) is 0.127. The fourth-order valence-corrected chi connectivity index (χ4v) is 0.935. The van der Waals surface area contributed by atoms with Crippen molar-refractivity contribution in [2.24, 2.45) is 0 Å². The van der Waals surface area contributed by atoms with Gasteiger partial charge in [0.15, 0.2) is 0 Å². The monoisotopic (exact) mass is 142 g/mol. The second kappa shape index (κ2) is 2.23. The molecule has 1 fully saturated rings. The van der Waals surface area contributed by atoms with Crippen molar-refractivity contribution in [3.05, 3.63) is 0 Å². The zero-order valence-electron chi connectivity index (χ0n) is 6.77. The molecule has 0 aromatic carbocycles. The van der Waals surface area contributed by atoms with Crippen LogP contribution >= 0.6 is 0 Å². The van der Waals surface area contributed by atoms with Crippen molar-refractivity contribution in [3.63, 3.8) is 0 Å². The summed E-state index contributed by atoms with van der Waals surface area (Å²) in [5.41, 5.74) is 0.119. The Kier molecular flexibility index (Phi) is 1.68. The van der Waals surface area contributed by atoms with E-state index in [0.717, 1.165) is 6.54 Å². The molecular weight excluding hydrogens is 128 g/mol. The van der Waals surface area contributed by atoms with Crippen LogP contribution in [-0.4, -0.2) is 36.5 Å². The standard InChI is InChI=1S/C7H14N2O/c1-7(2)5-8-6(10)4-9(7)3/h4-5H2,1-3H3,(H,8,10). The Morgan fingerprint density at radius 1 is 1.60 bits per heavy atom. The highest BCUT2D eigenvalue weighted by atomic mass is 16.2. The Bertz CT molecular complexity index is 154. The molecular formula is C7H14N2O. The number of carbonyl (C=O) groups excluding carboxylic acids is 1. The zero-order valence-corrected chi connectivity index (χ0v) is 6.77. The lowest BCUT2D eigenvalue weighted by atomic mass is 10.0. The zero-order chi connectivity index (χ0) is 7.78. The summed E-state index contributed by atoms with van der Waals surface area (Å²) in [7, 11) is 1.97. The lowest BCUT2D eigenvalue weighted by molar-refractivity contribution is -0.126. The molecule has 3 nitrogen and oxygen atoms in total. The number of hydrogen-bond acceptors (Lipinski definition) is 2. The highest BCUT2D eigenvalue weighted by molar-refractivity contribution is 5.79. The van der Waals surface area contributed by atoms with Gasteiger partial charge in [0.1, 0.15) is 0 Å². The number of nitrogens with zero attached hydrogens (tertiary/aromatic N) is 1. The van der Waals surface area contributed by atoms with Crippen LogP contribution in [0.1, 0.15) is 13.8 Å². The topological polar surface area (TPSA) is 32.3 Å². The summed E-state index contributed by atoms with van der Waals surface area (Å²) in [5, 5.41) is 2.82. The maximum absolute atomic E-state index is 10.8. The van der Waals surface area contributed by atoms with E-state index < -0.39 is 0 Å². The van der Waals surface area contributed by atoms with Crippen LogP contribution in [0.25, 0.3) is 0 Å². The van der Waals surface area contributed by atoms with Gasteiger partial charge in [-0.2, -0.15) is 0 Å². The third-order valence-electron chi connectivity index (χ3n) is 2.13. The van der Waals surface area contributed by atoms with E-state index in [1.165, 1.54) is 0 Å². The first-order chi connectivity index (χ1) is 4.52. The van der Waals surface area contributed by atoms with Crippen molar-refractivity contribution in [2.75, 3.05) is 20.1 Å². The molecule has 0 aliphatic carbocycles. The van der Waals surface area contributed by atoms with Gasteiger partial charge in [-0.25, -0.2) is 0 Å². The molecule has 0 aromatic rings. The molecule has 0 saturated carbocycles. The number of hydrogen-bond donors (Lipinski definition) is 1. The molecule has 1 N–H and O–H groups in total. The fraction of sp³-hybridized carbons (Fsp3) is 0.857. The molecule has 1 heterocycles. The molecule has 10 heavy (non-hydrogen) atoms. The van der Waals surface area contributed by atoms with Crippen LogP contribution in [0.3, 0.4) is 0 Å². The summed E-state index contributed by atoms with van der Waals surface area (Å²) in [6.07, 6.45) is 0. The average molecular weight is 142 g/mol. The first kappa shape index (κ1) is 7.54. The van der Waals surface area contributed by atoms with Crippen molar-refractivity contribution in [1.82, 2.24) is 10.2 Å². The van der Waals surface area contributed by atoms with E-state index in [-0.39, 0.29) is 11.4 Å². The Labute approximate surface area is 61.4 Å². The van der Waals surface area contributed by atoms with Gasteiger partial charge in [-0.05, 0) is 20.9 Å². The summed E-state index contributed by atoms with van der Waals surface area (Å²) in [4.78, 5) is 12.9. The second-order valence-corrected chi connectivity index (χ2v) is 3.45. The van der Waals surface area contributed by atoms with Gasteiger partial charge in [0.05, 0.1) is 6.54 Å². The predicted molar refractivity (Wildman–Crippen MR) is 39.7 cm³/mol. The largest absolute Gasteiger partial charge is 0.353 e. The van der Waals surface area contributed by atoms with E-state index in [2.05, 4.69) is 24.1 Å². The predicted octanol–water partition coefficient (Wildman–Crippen LogP) is -0.173. The number of piperazine rings is 1. The van der Waals surface area contributed by atoms with Crippen LogP contribution in [0, 0.1) is 0 Å². The van der Waals surface area contributed by atoms with E-state index in [1.807, 2.05) is 7.05 Å². The molecule has 1 aliphatic rings. The van der Waals surface area contributed by atoms with Crippen LogP contribution < -0.4 is 5.32 Å². The Balaban J connectivity index is 2.60. The number of rotatable bonds is 0. The van der Waals surface area contributed by atoms with Gasteiger partial charge in [0, 0.05) is 12.1 Å². The van der Waals surface area contributed by atoms with Crippen LogP contribution in [0.5, 0.6) is 0 Å². The van der Waals surface area contributed by atoms with Crippen molar-refractivity contribution < 1.29 is 4.79 Å². The molecule has 0 aromatic heterocycles. The molecule has 1 saturated heterocycles. The molecule has 0 radical (unpaired) electrons. The maximum Gasteiger partial charge on any atom is 0.234 e. The molecule has 1 rings (SSSR count). The minimum Gasteiger partial charge on any atom is -0.353 e. The summed E-state index contributed by atoms with van der Waals surface area (Å²) >= 11 is 0. The summed E-state index contributed by atoms with van der Waals surface area (Å²) < 4.78 is 0. The smallest absolute Gasteiger partial charge is 0.234 e. The van der Waals surface area contributed by atoms with Gasteiger partial charge < -0.3 is 5.32 Å². The highest BCUT2D eigenvalue weighted by Crippen LogP contribution is 2.12. The van der Waals surface area contributed by atoms with Crippen molar-refractivity contribution >= 4 is 5.91 Å². The summed E-state index contributed by atoms with van der Waals surface area (Å²) in [6, 6.07) is 0. The quantitative estimate of drug-likeness (QED) is 0.509. The third kappa shape index (κ3) is 1.29. The van der Waals surface area contributed by atoms with Gasteiger partial charge >= 0.3 is 0 Å². The van der Waals surface area contributed by atoms with Crippen molar-refractivity contribution in [1.29, 1.82) is 0 Å². The Hall–Kier alpha value is -0.570. The Morgan fingerprint density at radius 2 is 2.20 bits per heavy atom.